The first-order chi connectivity index (χ1) is 7.96. The van der Waals surface area contributed by atoms with Crippen molar-refractivity contribution in [2.75, 3.05) is 13.1 Å². The number of nitrogens with two attached hydrogens (primary N) is 1. The second kappa shape index (κ2) is 5.49. The van der Waals surface area contributed by atoms with Gasteiger partial charge in [0.15, 0.2) is 0 Å². The highest BCUT2D eigenvalue weighted by Gasteiger charge is 2.45. The van der Waals surface area contributed by atoms with Crippen LogP contribution in [0.15, 0.2) is 0 Å². The van der Waals surface area contributed by atoms with Crippen molar-refractivity contribution in [2.45, 2.75) is 45.6 Å². The number of nitrogens with zero attached hydrogens (tertiary/aromatic N) is 1. The molecular weight excluding hydrogens is 220 g/mol. The van der Waals surface area contributed by atoms with E-state index < -0.39 is 17.4 Å². The lowest BCUT2D eigenvalue weighted by Crippen LogP contribution is -2.44. The van der Waals surface area contributed by atoms with Crippen LogP contribution in [0, 0.1) is 5.41 Å². The molecule has 1 unspecified atom stereocenters. The number of rotatable bonds is 5. The Balaban J connectivity index is 2.73. The zero-order chi connectivity index (χ0) is 13.1. The summed E-state index contributed by atoms with van der Waals surface area (Å²) in [5, 5.41) is 9.32. The maximum atomic E-state index is 11.9. The molecule has 1 fully saturated rings. The standard InChI is InChI=1S/C12H22N2O3/c1-3-5-12(11(16)17)6-7-14(8-12)10(15)9(13)4-2/h9H,3-8,13H2,1-2H3,(H,16,17)/t9-,12?/m1/s1. The minimum atomic E-state index is -0.792. The lowest BCUT2D eigenvalue weighted by molar-refractivity contribution is -0.149. The van der Waals surface area contributed by atoms with E-state index in [0.717, 1.165) is 6.42 Å². The van der Waals surface area contributed by atoms with E-state index >= 15 is 0 Å². The van der Waals surface area contributed by atoms with Crippen LogP contribution in [-0.2, 0) is 9.59 Å². The van der Waals surface area contributed by atoms with Gasteiger partial charge in [0.05, 0.1) is 11.5 Å². The average Bonchev–Trinajstić information content (AvgIpc) is 2.73. The Kier molecular flexibility index (Phi) is 4.51. The van der Waals surface area contributed by atoms with Gasteiger partial charge in [0.25, 0.3) is 0 Å². The lowest BCUT2D eigenvalue weighted by atomic mass is 9.83. The summed E-state index contributed by atoms with van der Waals surface area (Å²) in [4.78, 5) is 24.9. The molecule has 5 heteroatoms. The second-order valence-electron chi connectivity index (χ2n) is 4.86. The molecular formula is C12H22N2O3. The Bertz CT molecular complexity index is 306. The number of hydrogen-bond acceptors (Lipinski definition) is 3. The van der Waals surface area contributed by atoms with E-state index in [1.54, 1.807) is 4.90 Å². The second-order valence-corrected chi connectivity index (χ2v) is 4.86. The molecule has 98 valence electrons. The molecule has 0 radical (unpaired) electrons. The summed E-state index contributed by atoms with van der Waals surface area (Å²) >= 11 is 0. The molecule has 0 aromatic rings. The Morgan fingerprint density at radius 2 is 2.12 bits per heavy atom. The highest BCUT2D eigenvalue weighted by molar-refractivity contribution is 5.84. The summed E-state index contributed by atoms with van der Waals surface area (Å²) in [6.07, 6.45) is 2.56. The molecule has 0 aromatic heterocycles. The van der Waals surface area contributed by atoms with E-state index in [2.05, 4.69) is 0 Å². The number of likely N-dealkylation sites (tertiary alicyclic amines) is 1. The molecule has 5 nitrogen and oxygen atoms in total. The van der Waals surface area contributed by atoms with Gasteiger partial charge in [-0.3, -0.25) is 9.59 Å². The normalized spacial score (nSPS) is 25.9. The molecule has 1 aliphatic heterocycles. The predicted molar refractivity (Wildman–Crippen MR) is 64.4 cm³/mol. The van der Waals surface area contributed by atoms with Crippen LogP contribution in [0.4, 0.5) is 0 Å². The highest BCUT2D eigenvalue weighted by Crippen LogP contribution is 2.35. The maximum Gasteiger partial charge on any atom is 0.311 e. The van der Waals surface area contributed by atoms with E-state index in [9.17, 15) is 14.7 Å². The molecule has 0 aliphatic carbocycles. The van der Waals surface area contributed by atoms with Crippen molar-refractivity contribution >= 4 is 11.9 Å². The van der Waals surface area contributed by atoms with Gasteiger partial charge in [-0.15, -0.1) is 0 Å². The van der Waals surface area contributed by atoms with Crippen molar-refractivity contribution < 1.29 is 14.7 Å². The quantitative estimate of drug-likeness (QED) is 0.748. The van der Waals surface area contributed by atoms with Gasteiger partial charge in [0, 0.05) is 13.1 Å². The number of carboxylic acid groups (broad SMARTS) is 1. The number of carboxylic acids is 1. The van der Waals surface area contributed by atoms with E-state index in [4.69, 9.17) is 5.73 Å². The van der Waals surface area contributed by atoms with E-state index in [0.29, 0.717) is 32.4 Å². The fraction of sp³-hybridized carbons (Fsp3) is 0.833. The number of hydrogen-bond donors (Lipinski definition) is 2. The van der Waals surface area contributed by atoms with Crippen molar-refractivity contribution in [3.8, 4) is 0 Å². The SMILES string of the molecule is CCCC1(C(=O)O)CCN(C(=O)[C@H](N)CC)C1. The van der Waals surface area contributed by atoms with Crippen LogP contribution in [0.1, 0.15) is 39.5 Å². The van der Waals surface area contributed by atoms with Crippen LogP contribution >= 0.6 is 0 Å². The van der Waals surface area contributed by atoms with Crippen molar-refractivity contribution in [2.24, 2.45) is 11.1 Å². The first-order valence-electron chi connectivity index (χ1n) is 6.24. The summed E-state index contributed by atoms with van der Waals surface area (Å²) in [6.45, 7) is 4.64. The Hall–Kier alpha value is -1.10. The molecule has 0 bridgehead atoms. The zero-order valence-corrected chi connectivity index (χ0v) is 10.6. The predicted octanol–water partition coefficient (Wildman–Crippen LogP) is 0.827. The summed E-state index contributed by atoms with van der Waals surface area (Å²) in [5.74, 6) is -0.911. The fourth-order valence-corrected chi connectivity index (χ4v) is 2.43. The molecule has 1 saturated heterocycles. The van der Waals surface area contributed by atoms with Crippen LogP contribution < -0.4 is 5.73 Å². The molecule has 1 rings (SSSR count). The maximum absolute atomic E-state index is 11.9. The van der Waals surface area contributed by atoms with Crippen LogP contribution in [0.2, 0.25) is 0 Å². The Morgan fingerprint density at radius 3 is 2.59 bits per heavy atom. The van der Waals surface area contributed by atoms with Gasteiger partial charge in [-0.1, -0.05) is 20.3 Å². The van der Waals surface area contributed by atoms with E-state index in [1.165, 1.54) is 0 Å². The monoisotopic (exact) mass is 242 g/mol. The van der Waals surface area contributed by atoms with Crippen molar-refractivity contribution in [3.05, 3.63) is 0 Å². The Labute approximate surface area is 102 Å². The number of amides is 1. The third kappa shape index (κ3) is 2.77. The Morgan fingerprint density at radius 1 is 1.47 bits per heavy atom. The largest absolute Gasteiger partial charge is 0.481 e. The van der Waals surface area contributed by atoms with Gasteiger partial charge in [-0.25, -0.2) is 0 Å². The van der Waals surface area contributed by atoms with Gasteiger partial charge in [0.2, 0.25) is 5.91 Å². The highest BCUT2D eigenvalue weighted by atomic mass is 16.4. The van der Waals surface area contributed by atoms with Gasteiger partial charge in [0.1, 0.15) is 0 Å². The molecule has 1 aliphatic rings. The molecule has 3 N–H and O–H groups in total. The summed E-state index contributed by atoms with van der Waals surface area (Å²) in [7, 11) is 0. The summed E-state index contributed by atoms with van der Waals surface area (Å²) < 4.78 is 0. The third-order valence-corrected chi connectivity index (χ3v) is 3.60. The lowest BCUT2D eigenvalue weighted by Gasteiger charge is -2.25. The number of aliphatic carboxylic acids is 1. The van der Waals surface area contributed by atoms with E-state index in [1.807, 2.05) is 13.8 Å². The summed E-state index contributed by atoms with van der Waals surface area (Å²) in [5.41, 5.74) is 4.94. The third-order valence-electron chi connectivity index (χ3n) is 3.60. The van der Waals surface area contributed by atoms with Crippen LogP contribution in [0.25, 0.3) is 0 Å². The van der Waals surface area contributed by atoms with Crippen LogP contribution in [0.3, 0.4) is 0 Å². The smallest absolute Gasteiger partial charge is 0.311 e. The topological polar surface area (TPSA) is 83.6 Å². The van der Waals surface area contributed by atoms with Gasteiger partial charge in [-0.2, -0.15) is 0 Å². The average molecular weight is 242 g/mol. The van der Waals surface area contributed by atoms with Gasteiger partial charge >= 0.3 is 5.97 Å². The molecule has 0 spiro atoms. The summed E-state index contributed by atoms with van der Waals surface area (Å²) in [6, 6.07) is -0.499. The van der Waals surface area contributed by atoms with Crippen molar-refractivity contribution in [1.82, 2.24) is 4.90 Å². The van der Waals surface area contributed by atoms with E-state index in [-0.39, 0.29) is 5.91 Å². The van der Waals surface area contributed by atoms with Crippen LogP contribution in [-0.4, -0.2) is 41.0 Å². The number of carbonyl (C=O) groups is 2. The first kappa shape index (κ1) is 14.0. The molecule has 1 amide bonds. The minimum Gasteiger partial charge on any atom is -0.481 e. The molecule has 2 atom stereocenters. The fourth-order valence-electron chi connectivity index (χ4n) is 2.43. The molecule has 0 saturated carbocycles. The minimum absolute atomic E-state index is 0.119. The number of carbonyl (C=O) groups excluding carboxylic acids is 1. The van der Waals surface area contributed by atoms with Crippen molar-refractivity contribution in [3.63, 3.8) is 0 Å². The van der Waals surface area contributed by atoms with Gasteiger partial charge < -0.3 is 15.7 Å². The first-order valence-corrected chi connectivity index (χ1v) is 6.24. The molecule has 1 heterocycles. The zero-order valence-electron chi connectivity index (χ0n) is 10.6. The molecule has 17 heavy (non-hydrogen) atoms. The van der Waals surface area contributed by atoms with Gasteiger partial charge in [-0.05, 0) is 19.3 Å². The van der Waals surface area contributed by atoms with Crippen molar-refractivity contribution in [1.29, 1.82) is 0 Å². The molecule has 0 aromatic carbocycles. The van der Waals surface area contributed by atoms with Crippen LogP contribution in [0.5, 0.6) is 0 Å².